The van der Waals surface area contributed by atoms with Gasteiger partial charge in [-0.1, -0.05) is 50.0 Å². The van der Waals surface area contributed by atoms with Gasteiger partial charge in [0.25, 0.3) is 5.56 Å². The molecule has 0 aliphatic carbocycles. The van der Waals surface area contributed by atoms with Crippen molar-refractivity contribution in [3.63, 3.8) is 0 Å². The Kier molecular flexibility index (Phi) is 9.88. The number of rotatable bonds is 12. The number of para-hydroxylation sites is 1. The fourth-order valence-corrected chi connectivity index (χ4v) is 8.67. The molecule has 2 aromatic carbocycles. The van der Waals surface area contributed by atoms with E-state index in [0.717, 1.165) is 17.2 Å². The van der Waals surface area contributed by atoms with Crippen LogP contribution in [0.5, 0.6) is 0 Å². The topological polar surface area (TPSA) is 138 Å². The van der Waals surface area contributed by atoms with Gasteiger partial charge in [0, 0.05) is 45.7 Å². The summed E-state index contributed by atoms with van der Waals surface area (Å²) in [5.41, 5.74) is 3.91. The first-order valence-corrected chi connectivity index (χ1v) is 22.6. The minimum atomic E-state index is -3.75. The highest BCUT2D eigenvalue weighted by molar-refractivity contribution is 7.89. The van der Waals surface area contributed by atoms with E-state index in [1.165, 1.54) is 10.6 Å². The lowest BCUT2D eigenvalue weighted by Gasteiger charge is -2.26. The molecule has 13 nitrogen and oxygen atoms in total. The van der Waals surface area contributed by atoms with Gasteiger partial charge in [-0.3, -0.25) is 9.36 Å². The Morgan fingerprint density at radius 3 is 2.54 bits per heavy atom. The molecule has 1 atom stereocenters. The number of ether oxygens (including phenoxy) is 2. The van der Waals surface area contributed by atoms with Gasteiger partial charge in [0.15, 0.2) is 5.82 Å². The summed E-state index contributed by atoms with van der Waals surface area (Å²) in [7, 11) is -5.07. The minimum Gasteiger partial charge on any atom is -0.379 e. The highest BCUT2D eigenvalue weighted by Gasteiger charge is 2.28. The smallest absolute Gasteiger partial charge is 0.282 e. The first-order chi connectivity index (χ1) is 24.9. The fourth-order valence-electron chi connectivity index (χ4n) is 6.46. The van der Waals surface area contributed by atoms with Crippen LogP contribution >= 0.6 is 0 Å². The van der Waals surface area contributed by atoms with Crippen LogP contribution < -0.4 is 10.9 Å². The summed E-state index contributed by atoms with van der Waals surface area (Å²) in [5.74, 6) is 0.993. The first-order valence-electron chi connectivity index (χ1n) is 17.5. The molecule has 52 heavy (non-hydrogen) atoms. The molecule has 4 aromatic heterocycles. The number of aromatic nitrogens is 6. The lowest BCUT2D eigenvalue weighted by molar-refractivity contribution is 0.0730. The first kappa shape index (κ1) is 35.7. The van der Waals surface area contributed by atoms with Crippen LogP contribution in [0.25, 0.3) is 33.4 Å². The van der Waals surface area contributed by atoms with Gasteiger partial charge in [-0.25, -0.2) is 22.9 Å². The Morgan fingerprint density at radius 2 is 1.79 bits per heavy atom. The summed E-state index contributed by atoms with van der Waals surface area (Å²) >= 11 is 0. The number of anilines is 1. The molecule has 0 amide bonds. The monoisotopic (exact) mass is 740 g/mol. The van der Waals surface area contributed by atoms with Crippen LogP contribution in [0.1, 0.15) is 24.4 Å². The molecule has 5 heterocycles. The lowest BCUT2D eigenvalue weighted by Crippen LogP contribution is -2.40. The Bertz CT molecular complexity index is 2400. The summed E-state index contributed by atoms with van der Waals surface area (Å²) in [4.78, 5) is 23.6. The summed E-state index contributed by atoms with van der Waals surface area (Å²) in [6.45, 7) is 13.0. The number of nitrogens with zero attached hydrogens (tertiary/aromatic N) is 7. The van der Waals surface area contributed by atoms with Crippen molar-refractivity contribution in [2.45, 2.75) is 57.2 Å². The molecule has 272 valence electrons. The molecule has 0 saturated carbocycles. The predicted octanol–water partition coefficient (Wildman–Crippen LogP) is 5.71. The van der Waals surface area contributed by atoms with Gasteiger partial charge in [0.1, 0.15) is 30.0 Å². The highest BCUT2D eigenvalue weighted by atomic mass is 32.2. The van der Waals surface area contributed by atoms with Gasteiger partial charge >= 0.3 is 0 Å². The molecule has 1 aliphatic rings. The van der Waals surface area contributed by atoms with Gasteiger partial charge < -0.3 is 19.4 Å². The van der Waals surface area contributed by atoms with Crippen molar-refractivity contribution in [1.29, 1.82) is 0 Å². The largest absolute Gasteiger partial charge is 0.379 e. The number of nitrogens with one attached hydrogen (secondary N) is 1. The van der Waals surface area contributed by atoms with Crippen molar-refractivity contribution in [2.24, 2.45) is 0 Å². The number of benzene rings is 2. The maximum absolute atomic E-state index is 14.0. The molecular weight excluding hydrogens is 697 g/mol. The quantitative estimate of drug-likeness (QED) is 0.124. The number of hydrogen-bond donors (Lipinski definition) is 1. The van der Waals surface area contributed by atoms with Gasteiger partial charge in [0.05, 0.1) is 35.2 Å². The standard InChI is InChI=1S/C37H44N8O5SSi/c1-26-14-15-44-33(26)37(46)45(29-11-7-6-8-12-29)35(41-44)27(2)40-34-32-31(23-42(36(32)39-24-38-34)25-50-20-21-52(3,4)5)28-10-9-13-30(22-28)51(47,48)43-16-18-49-19-17-43/h6-15,22-24,27H,16-21,25H2,1-5H3,(H,38,39,40)/t27-/m0/s1. The third-order valence-electron chi connectivity index (χ3n) is 9.30. The second kappa shape index (κ2) is 14.4. The Morgan fingerprint density at radius 1 is 1.02 bits per heavy atom. The van der Waals surface area contributed by atoms with Crippen LogP contribution in [-0.2, 0) is 26.2 Å². The van der Waals surface area contributed by atoms with Crippen LogP contribution in [0.3, 0.4) is 0 Å². The number of morpholine rings is 1. The molecule has 0 spiro atoms. The molecule has 7 rings (SSSR count). The molecule has 0 unspecified atom stereocenters. The molecule has 1 aliphatic heterocycles. The van der Waals surface area contributed by atoms with Crippen molar-refractivity contribution in [1.82, 2.24) is 33.0 Å². The summed E-state index contributed by atoms with van der Waals surface area (Å²) in [6.07, 6.45) is 5.23. The third-order valence-corrected chi connectivity index (χ3v) is 12.9. The van der Waals surface area contributed by atoms with Crippen LogP contribution in [0, 0.1) is 6.92 Å². The SMILES string of the molecule is Cc1ccn2nc([C@H](C)Nc3ncnc4c3c(-c3cccc(S(=O)(=O)N5CCOCC5)c3)cn4COCC[Si](C)(C)C)n(-c3ccccc3)c(=O)c12. The van der Waals surface area contributed by atoms with E-state index >= 15 is 0 Å². The van der Waals surface area contributed by atoms with E-state index in [-0.39, 0.29) is 17.2 Å². The zero-order valence-corrected chi connectivity index (χ0v) is 31.9. The molecule has 1 saturated heterocycles. The van der Waals surface area contributed by atoms with Gasteiger partial charge in [0.2, 0.25) is 10.0 Å². The van der Waals surface area contributed by atoms with E-state index in [1.807, 2.05) is 67.1 Å². The summed E-state index contributed by atoms with van der Waals surface area (Å²) < 4.78 is 45.7. The van der Waals surface area contributed by atoms with E-state index in [2.05, 4.69) is 29.9 Å². The van der Waals surface area contributed by atoms with Gasteiger partial charge in [-0.05, 0) is 61.4 Å². The summed E-state index contributed by atoms with van der Waals surface area (Å²) in [6, 6.07) is 18.8. The van der Waals surface area contributed by atoms with Crippen molar-refractivity contribution < 1.29 is 17.9 Å². The van der Waals surface area contributed by atoms with Crippen molar-refractivity contribution >= 4 is 40.5 Å². The fraction of sp³-hybridized carbons (Fsp3) is 0.351. The predicted molar refractivity (Wildman–Crippen MR) is 204 cm³/mol. The Labute approximate surface area is 303 Å². The van der Waals surface area contributed by atoms with Crippen LogP contribution in [-0.4, -0.2) is 82.4 Å². The molecule has 0 radical (unpaired) electrons. The van der Waals surface area contributed by atoms with Crippen LogP contribution in [0.2, 0.25) is 25.7 Å². The average molecular weight is 741 g/mol. The molecule has 6 aromatic rings. The normalized spacial score (nSPS) is 15.0. The second-order valence-corrected chi connectivity index (χ2v) is 21.9. The molecular formula is C37H44N8O5SSi. The number of sulfonamides is 1. The second-order valence-electron chi connectivity index (χ2n) is 14.3. The van der Waals surface area contributed by atoms with E-state index < -0.39 is 24.1 Å². The molecule has 0 bridgehead atoms. The summed E-state index contributed by atoms with van der Waals surface area (Å²) in [5, 5.41) is 9.15. The van der Waals surface area contributed by atoms with Gasteiger partial charge in [-0.2, -0.15) is 9.40 Å². The van der Waals surface area contributed by atoms with E-state index in [4.69, 9.17) is 19.6 Å². The Hall–Kier alpha value is -4.67. The van der Waals surface area contributed by atoms with Crippen molar-refractivity contribution in [2.75, 3.05) is 38.2 Å². The molecule has 15 heteroatoms. The van der Waals surface area contributed by atoms with Crippen LogP contribution in [0.15, 0.2) is 89.1 Å². The average Bonchev–Trinajstić information content (AvgIpc) is 3.71. The van der Waals surface area contributed by atoms with Crippen molar-refractivity contribution in [3.05, 3.63) is 101 Å². The van der Waals surface area contributed by atoms with E-state index in [0.29, 0.717) is 72.4 Å². The van der Waals surface area contributed by atoms with Crippen molar-refractivity contribution in [3.8, 4) is 16.8 Å². The van der Waals surface area contributed by atoms with Gasteiger partial charge in [-0.15, -0.1) is 0 Å². The highest BCUT2D eigenvalue weighted by Crippen LogP contribution is 2.36. The number of aryl methyl sites for hydroxylation is 1. The number of fused-ring (bicyclic) bond motifs is 2. The van der Waals surface area contributed by atoms with E-state index in [9.17, 15) is 13.2 Å². The third kappa shape index (κ3) is 7.06. The maximum Gasteiger partial charge on any atom is 0.282 e. The van der Waals surface area contributed by atoms with Crippen LogP contribution in [0.4, 0.5) is 5.82 Å². The zero-order chi connectivity index (χ0) is 36.6. The molecule has 1 fully saturated rings. The minimum absolute atomic E-state index is 0.180. The zero-order valence-electron chi connectivity index (χ0n) is 30.1. The number of hydrogen-bond acceptors (Lipinski definition) is 9. The van der Waals surface area contributed by atoms with E-state index in [1.54, 1.807) is 33.5 Å². The lowest BCUT2D eigenvalue weighted by atomic mass is 10.1. The maximum atomic E-state index is 14.0. The molecule has 1 N–H and O–H groups in total. The Balaban J connectivity index is 1.33.